The molecule has 1 N–H and O–H groups in total. The van der Waals surface area contributed by atoms with E-state index in [4.69, 9.17) is 4.98 Å². The number of para-hydroxylation sites is 2. The van der Waals surface area contributed by atoms with Crippen molar-refractivity contribution in [2.75, 3.05) is 38.0 Å². The minimum Gasteiger partial charge on any atom is -0.325 e. The Morgan fingerprint density at radius 3 is 2.26 bits per heavy atom. The van der Waals surface area contributed by atoms with Gasteiger partial charge in [0.1, 0.15) is 11.6 Å². The van der Waals surface area contributed by atoms with Crippen LogP contribution in [0.2, 0.25) is 0 Å². The highest BCUT2D eigenvalue weighted by atomic mass is 19.1. The van der Waals surface area contributed by atoms with E-state index in [1.165, 1.54) is 17.7 Å². The smallest absolute Gasteiger partial charge is 0.238 e. The lowest BCUT2D eigenvalue weighted by molar-refractivity contribution is -0.117. The van der Waals surface area contributed by atoms with Gasteiger partial charge in [-0.3, -0.25) is 14.6 Å². The van der Waals surface area contributed by atoms with Crippen molar-refractivity contribution in [1.82, 2.24) is 19.4 Å². The van der Waals surface area contributed by atoms with Gasteiger partial charge in [0.25, 0.3) is 0 Å². The first-order chi connectivity index (χ1) is 16.6. The van der Waals surface area contributed by atoms with Crippen LogP contribution in [0.15, 0.2) is 78.9 Å². The van der Waals surface area contributed by atoms with E-state index in [1.54, 1.807) is 12.1 Å². The normalized spacial score (nSPS) is 15.0. The van der Waals surface area contributed by atoms with Crippen LogP contribution in [0.4, 0.5) is 10.1 Å². The average molecular weight is 458 g/mol. The first-order valence-corrected chi connectivity index (χ1v) is 11.6. The van der Waals surface area contributed by atoms with Gasteiger partial charge in [0, 0.05) is 38.4 Å². The summed E-state index contributed by atoms with van der Waals surface area (Å²) in [4.78, 5) is 21.9. The molecule has 1 fully saturated rings. The van der Waals surface area contributed by atoms with Crippen molar-refractivity contribution < 1.29 is 9.18 Å². The highest BCUT2D eigenvalue weighted by molar-refractivity contribution is 5.92. The number of nitrogens with zero attached hydrogens (tertiary/aromatic N) is 4. The van der Waals surface area contributed by atoms with E-state index in [2.05, 4.69) is 62.1 Å². The largest absolute Gasteiger partial charge is 0.325 e. The SMILES string of the molecule is O=C(CN1CCN(Cc2nc3ccccc3n2Cc2ccccc2)CC1)Nc1ccc(F)cc1. The van der Waals surface area contributed by atoms with E-state index in [0.29, 0.717) is 12.2 Å². The maximum Gasteiger partial charge on any atom is 0.238 e. The first-order valence-electron chi connectivity index (χ1n) is 11.6. The van der Waals surface area contributed by atoms with Gasteiger partial charge in [0.15, 0.2) is 0 Å². The number of benzene rings is 3. The Labute approximate surface area is 198 Å². The average Bonchev–Trinajstić information content (AvgIpc) is 3.19. The van der Waals surface area contributed by atoms with Crippen LogP contribution in [0.1, 0.15) is 11.4 Å². The van der Waals surface area contributed by atoms with Crippen molar-refractivity contribution >= 4 is 22.6 Å². The molecule has 6 nitrogen and oxygen atoms in total. The van der Waals surface area contributed by atoms with Gasteiger partial charge in [-0.15, -0.1) is 0 Å². The van der Waals surface area contributed by atoms with E-state index >= 15 is 0 Å². The lowest BCUT2D eigenvalue weighted by Gasteiger charge is -2.34. The number of aromatic nitrogens is 2. The fourth-order valence-electron chi connectivity index (χ4n) is 4.43. The monoisotopic (exact) mass is 457 g/mol. The molecule has 174 valence electrons. The Bertz CT molecular complexity index is 1250. The molecule has 1 aromatic heterocycles. The van der Waals surface area contributed by atoms with Gasteiger partial charge in [-0.1, -0.05) is 42.5 Å². The lowest BCUT2D eigenvalue weighted by Crippen LogP contribution is -2.48. The van der Waals surface area contributed by atoms with Crippen molar-refractivity contribution in [3.63, 3.8) is 0 Å². The number of hydrogen-bond acceptors (Lipinski definition) is 4. The molecule has 0 spiro atoms. The Hall–Kier alpha value is -3.55. The highest BCUT2D eigenvalue weighted by Crippen LogP contribution is 2.20. The van der Waals surface area contributed by atoms with Crippen molar-refractivity contribution in [2.45, 2.75) is 13.1 Å². The number of halogens is 1. The third-order valence-electron chi connectivity index (χ3n) is 6.24. The van der Waals surface area contributed by atoms with Gasteiger partial charge < -0.3 is 9.88 Å². The zero-order valence-electron chi connectivity index (χ0n) is 19.0. The molecule has 0 radical (unpaired) electrons. The molecule has 0 saturated carbocycles. The topological polar surface area (TPSA) is 53.4 Å². The number of nitrogens with one attached hydrogen (secondary N) is 1. The van der Waals surface area contributed by atoms with Crippen molar-refractivity contribution in [2.24, 2.45) is 0 Å². The summed E-state index contributed by atoms with van der Waals surface area (Å²) < 4.78 is 15.4. The van der Waals surface area contributed by atoms with Crippen molar-refractivity contribution in [3.05, 3.63) is 96.1 Å². The molecule has 0 aliphatic carbocycles. The summed E-state index contributed by atoms with van der Waals surface area (Å²) in [5.74, 6) is 0.670. The molecule has 34 heavy (non-hydrogen) atoms. The van der Waals surface area contributed by atoms with Crippen LogP contribution in [0, 0.1) is 5.82 Å². The van der Waals surface area contributed by atoms with Crippen LogP contribution in [0.25, 0.3) is 11.0 Å². The highest BCUT2D eigenvalue weighted by Gasteiger charge is 2.21. The van der Waals surface area contributed by atoms with Crippen molar-refractivity contribution in [1.29, 1.82) is 0 Å². The Kier molecular flexibility index (Phi) is 6.65. The van der Waals surface area contributed by atoms with E-state index in [0.717, 1.165) is 56.1 Å². The fourth-order valence-corrected chi connectivity index (χ4v) is 4.43. The Morgan fingerprint density at radius 2 is 1.50 bits per heavy atom. The third-order valence-corrected chi connectivity index (χ3v) is 6.24. The molecular formula is C27H28FN5O. The molecule has 4 aromatic rings. The molecule has 1 amide bonds. The van der Waals surface area contributed by atoms with Crippen molar-refractivity contribution in [3.8, 4) is 0 Å². The lowest BCUT2D eigenvalue weighted by atomic mass is 10.2. The minimum absolute atomic E-state index is 0.0790. The van der Waals surface area contributed by atoms with Gasteiger partial charge in [-0.2, -0.15) is 0 Å². The van der Waals surface area contributed by atoms with E-state index < -0.39 is 0 Å². The quantitative estimate of drug-likeness (QED) is 0.456. The number of hydrogen-bond donors (Lipinski definition) is 1. The molecule has 2 heterocycles. The molecule has 1 saturated heterocycles. The fraction of sp³-hybridized carbons (Fsp3) is 0.259. The van der Waals surface area contributed by atoms with E-state index in [9.17, 15) is 9.18 Å². The number of rotatable bonds is 7. The van der Waals surface area contributed by atoms with Crippen LogP contribution in [0.3, 0.4) is 0 Å². The molecule has 0 bridgehead atoms. The Morgan fingerprint density at radius 1 is 0.824 bits per heavy atom. The summed E-state index contributed by atoms with van der Waals surface area (Å²) in [6, 6.07) is 24.6. The molecule has 0 atom stereocenters. The number of fused-ring (bicyclic) bond motifs is 1. The summed E-state index contributed by atoms with van der Waals surface area (Å²) in [6.45, 7) is 5.28. The van der Waals surface area contributed by atoms with Gasteiger partial charge in [0.2, 0.25) is 5.91 Å². The molecule has 1 aliphatic rings. The molecule has 7 heteroatoms. The van der Waals surface area contributed by atoms with E-state index in [1.807, 2.05) is 12.1 Å². The van der Waals surface area contributed by atoms with Crippen LogP contribution in [0.5, 0.6) is 0 Å². The minimum atomic E-state index is -0.314. The number of amides is 1. The molecular weight excluding hydrogens is 429 g/mol. The number of carbonyl (C=O) groups is 1. The number of carbonyl (C=O) groups excluding carboxylic acids is 1. The number of imidazole rings is 1. The summed E-state index contributed by atoms with van der Waals surface area (Å²) in [5.41, 5.74) is 4.04. The molecule has 5 rings (SSSR count). The number of anilines is 1. The Balaban J connectivity index is 1.20. The van der Waals surface area contributed by atoms with Crippen LogP contribution >= 0.6 is 0 Å². The molecule has 1 aliphatic heterocycles. The number of piperazine rings is 1. The van der Waals surface area contributed by atoms with Gasteiger partial charge in [0.05, 0.1) is 24.1 Å². The predicted octanol–water partition coefficient (Wildman–Crippen LogP) is 3.98. The second-order valence-electron chi connectivity index (χ2n) is 8.70. The molecule has 0 unspecified atom stereocenters. The van der Waals surface area contributed by atoms with Crippen LogP contribution < -0.4 is 5.32 Å². The summed E-state index contributed by atoms with van der Waals surface area (Å²) >= 11 is 0. The summed E-state index contributed by atoms with van der Waals surface area (Å²) in [5, 5.41) is 2.84. The first kappa shape index (κ1) is 22.3. The zero-order valence-corrected chi connectivity index (χ0v) is 19.0. The second-order valence-corrected chi connectivity index (χ2v) is 8.70. The summed E-state index contributed by atoms with van der Waals surface area (Å²) in [7, 11) is 0. The van der Waals surface area contributed by atoms with Crippen LogP contribution in [-0.4, -0.2) is 58.0 Å². The summed E-state index contributed by atoms with van der Waals surface area (Å²) in [6.07, 6.45) is 0. The standard InChI is InChI=1S/C27H28FN5O/c28-22-10-12-23(13-11-22)29-27(34)20-32-16-14-31(15-17-32)19-26-30-24-8-4-5-9-25(24)33(26)18-21-6-2-1-3-7-21/h1-13H,14-20H2,(H,29,34). The van der Waals surface area contributed by atoms with Gasteiger partial charge >= 0.3 is 0 Å². The maximum absolute atomic E-state index is 13.1. The zero-order chi connectivity index (χ0) is 23.3. The molecule has 3 aromatic carbocycles. The van der Waals surface area contributed by atoms with Gasteiger partial charge in [-0.25, -0.2) is 9.37 Å². The second kappa shape index (κ2) is 10.2. The third kappa shape index (κ3) is 5.32. The predicted molar refractivity (Wildman–Crippen MR) is 132 cm³/mol. The van der Waals surface area contributed by atoms with Crippen LogP contribution in [-0.2, 0) is 17.9 Å². The van der Waals surface area contributed by atoms with E-state index in [-0.39, 0.29) is 11.7 Å². The maximum atomic E-state index is 13.1. The van der Waals surface area contributed by atoms with Gasteiger partial charge in [-0.05, 0) is 42.0 Å².